The minimum absolute atomic E-state index is 0.105. The number of rotatable bonds is 7. The maximum absolute atomic E-state index is 13.0. The molecule has 1 fully saturated rings. The van der Waals surface area contributed by atoms with Crippen molar-refractivity contribution >= 4 is 69.2 Å². The SMILES string of the molecule is CCc1ccc(NC(=O)COc2ccc(/C=C3\SC(=S)N(c4ccc(C)c(Cl)c4)C3=O)cc2)cc1. The summed E-state index contributed by atoms with van der Waals surface area (Å²) in [7, 11) is 0. The number of thiocarbonyl (C=S) groups is 1. The maximum Gasteiger partial charge on any atom is 0.270 e. The quantitative estimate of drug-likeness (QED) is 0.278. The fourth-order valence-electron chi connectivity index (χ4n) is 3.39. The number of hydrogen-bond acceptors (Lipinski definition) is 5. The van der Waals surface area contributed by atoms with Crippen molar-refractivity contribution in [3.05, 3.63) is 93.3 Å². The molecule has 0 spiro atoms. The molecular formula is C27H23ClN2O3S2. The van der Waals surface area contributed by atoms with Crippen molar-refractivity contribution in [2.45, 2.75) is 20.3 Å². The Morgan fingerprint density at radius 2 is 1.83 bits per heavy atom. The van der Waals surface area contributed by atoms with Crippen molar-refractivity contribution in [1.82, 2.24) is 0 Å². The second-order valence-electron chi connectivity index (χ2n) is 7.91. The van der Waals surface area contributed by atoms with E-state index in [0.717, 1.165) is 23.2 Å². The lowest BCUT2D eigenvalue weighted by Crippen LogP contribution is -2.27. The van der Waals surface area contributed by atoms with Crippen molar-refractivity contribution in [1.29, 1.82) is 0 Å². The fraction of sp³-hybridized carbons (Fsp3) is 0.148. The van der Waals surface area contributed by atoms with Crippen LogP contribution in [-0.2, 0) is 16.0 Å². The van der Waals surface area contributed by atoms with Gasteiger partial charge in [-0.15, -0.1) is 0 Å². The zero-order valence-corrected chi connectivity index (χ0v) is 21.6. The minimum Gasteiger partial charge on any atom is -0.484 e. The van der Waals surface area contributed by atoms with E-state index in [1.54, 1.807) is 24.3 Å². The Kier molecular flexibility index (Phi) is 7.90. The Hall–Kier alpha value is -3.13. The van der Waals surface area contributed by atoms with Crippen molar-refractivity contribution in [3.8, 4) is 5.75 Å². The summed E-state index contributed by atoms with van der Waals surface area (Å²) in [6.07, 6.45) is 2.73. The molecule has 0 unspecified atom stereocenters. The molecule has 0 saturated carbocycles. The number of benzene rings is 3. The van der Waals surface area contributed by atoms with Gasteiger partial charge in [0.05, 0.1) is 10.6 Å². The molecule has 0 radical (unpaired) electrons. The molecule has 4 rings (SSSR count). The van der Waals surface area contributed by atoms with E-state index in [-0.39, 0.29) is 18.4 Å². The Labute approximate surface area is 219 Å². The second kappa shape index (κ2) is 11.1. The molecule has 1 heterocycles. The highest BCUT2D eigenvalue weighted by Crippen LogP contribution is 2.37. The third-order valence-corrected chi connectivity index (χ3v) is 7.11. The lowest BCUT2D eigenvalue weighted by atomic mass is 10.1. The second-order valence-corrected chi connectivity index (χ2v) is 9.99. The number of nitrogens with zero attached hydrogens (tertiary/aromatic N) is 1. The number of amides is 2. The normalized spacial score (nSPS) is 14.5. The highest BCUT2D eigenvalue weighted by atomic mass is 35.5. The van der Waals surface area contributed by atoms with Gasteiger partial charge in [-0.3, -0.25) is 14.5 Å². The van der Waals surface area contributed by atoms with Crippen LogP contribution in [0.2, 0.25) is 5.02 Å². The van der Waals surface area contributed by atoms with Crippen LogP contribution in [0.5, 0.6) is 5.75 Å². The molecular weight excluding hydrogens is 500 g/mol. The topological polar surface area (TPSA) is 58.6 Å². The summed E-state index contributed by atoms with van der Waals surface area (Å²) in [5.41, 5.74) is 4.34. The van der Waals surface area contributed by atoms with Crippen LogP contribution < -0.4 is 15.0 Å². The smallest absolute Gasteiger partial charge is 0.270 e. The van der Waals surface area contributed by atoms with Gasteiger partial charge in [0.25, 0.3) is 11.8 Å². The van der Waals surface area contributed by atoms with E-state index in [0.29, 0.717) is 25.7 Å². The van der Waals surface area contributed by atoms with E-state index in [1.807, 2.05) is 55.5 Å². The van der Waals surface area contributed by atoms with Gasteiger partial charge in [0.15, 0.2) is 10.9 Å². The summed E-state index contributed by atoms with van der Waals surface area (Å²) >= 11 is 12.9. The van der Waals surface area contributed by atoms with Crippen molar-refractivity contribution in [2.75, 3.05) is 16.8 Å². The molecule has 3 aromatic rings. The lowest BCUT2D eigenvalue weighted by Gasteiger charge is -2.15. The molecule has 2 amide bonds. The molecule has 0 aromatic heterocycles. The van der Waals surface area contributed by atoms with Crippen LogP contribution in [0.15, 0.2) is 71.6 Å². The molecule has 3 aromatic carbocycles. The van der Waals surface area contributed by atoms with Crippen LogP contribution in [0.3, 0.4) is 0 Å². The summed E-state index contributed by atoms with van der Waals surface area (Å²) in [5, 5.41) is 3.40. The summed E-state index contributed by atoms with van der Waals surface area (Å²) in [4.78, 5) is 27.2. The molecule has 0 atom stereocenters. The zero-order chi connectivity index (χ0) is 24.9. The van der Waals surface area contributed by atoms with Gasteiger partial charge < -0.3 is 10.1 Å². The number of hydrogen-bond donors (Lipinski definition) is 1. The number of aryl methyl sites for hydroxylation is 2. The van der Waals surface area contributed by atoms with E-state index in [2.05, 4.69) is 12.2 Å². The molecule has 1 aliphatic rings. The van der Waals surface area contributed by atoms with E-state index in [9.17, 15) is 9.59 Å². The number of anilines is 2. The average Bonchev–Trinajstić information content (AvgIpc) is 3.13. The van der Waals surface area contributed by atoms with Crippen molar-refractivity contribution in [3.63, 3.8) is 0 Å². The average molecular weight is 523 g/mol. The first kappa shape index (κ1) is 25.0. The van der Waals surface area contributed by atoms with Gasteiger partial charge in [0.1, 0.15) is 5.75 Å². The molecule has 8 heteroatoms. The number of nitrogens with one attached hydrogen (secondary N) is 1. The third-order valence-electron chi connectivity index (χ3n) is 5.40. The van der Waals surface area contributed by atoms with E-state index >= 15 is 0 Å². The highest BCUT2D eigenvalue weighted by Gasteiger charge is 2.33. The standard InChI is InChI=1S/C27H23ClN2O3S2/c1-3-18-5-9-20(10-6-18)29-25(31)16-33-22-12-7-19(8-13-22)14-24-26(32)30(27(34)35-24)21-11-4-17(2)23(28)15-21/h4-15H,3,16H2,1-2H3,(H,29,31)/b24-14-. The van der Waals surface area contributed by atoms with E-state index in [4.69, 9.17) is 28.6 Å². The highest BCUT2D eigenvalue weighted by molar-refractivity contribution is 8.27. The molecule has 5 nitrogen and oxygen atoms in total. The van der Waals surface area contributed by atoms with Crippen molar-refractivity contribution in [2.24, 2.45) is 0 Å². The van der Waals surface area contributed by atoms with Crippen LogP contribution >= 0.6 is 35.6 Å². The summed E-state index contributed by atoms with van der Waals surface area (Å²) in [6.45, 7) is 3.88. The van der Waals surface area contributed by atoms with Gasteiger partial charge >= 0.3 is 0 Å². The van der Waals surface area contributed by atoms with Crippen LogP contribution in [-0.4, -0.2) is 22.7 Å². The van der Waals surface area contributed by atoms with Gasteiger partial charge in [-0.2, -0.15) is 0 Å². The molecule has 178 valence electrons. The number of carbonyl (C=O) groups excluding carboxylic acids is 2. The molecule has 1 N–H and O–H groups in total. The summed E-state index contributed by atoms with van der Waals surface area (Å²) < 4.78 is 6.05. The van der Waals surface area contributed by atoms with Gasteiger partial charge in [0, 0.05) is 10.7 Å². The van der Waals surface area contributed by atoms with Crippen LogP contribution in [0.1, 0.15) is 23.6 Å². The Morgan fingerprint density at radius 3 is 2.49 bits per heavy atom. The number of halogens is 1. The van der Waals surface area contributed by atoms with Crippen molar-refractivity contribution < 1.29 is 14.3 Å². The predicted octanol–water partition coefficient (Wildman–Crippen LogP) is 6.63. The number of thioether (sulfide) groups is 1. The first-order valence-electron chi connectivity index (χ1n) is 11.0. The molecule has 35 heavy (non-hydrogen) atoms. The van der Waals surface area contributed by atoms with Gasteiger partial charge in [-0.1, -0.05) is 72.8 Å². The van der Waals surface area contributed by atoms with Crippen LogP contribution in [0, 0.1) is 6.92 Å². The first-order valence-corrected chi connectivity index (χ1v) is 12.6. The molecule has 0 bridgehead atoms. The number of carbonyl (C=O) groups is 2. The van der Waals surface area contributed by atoms with Crippen LogP contribution in [0.25, 0.3) is 6.08 Å². The largest absolute Gasteiger partial charge is 0.484 e. The molecule has 1 saturated heterocycles. The van der Waals surface area contributed by atoms with E-state index < -0.39 is 0 Å². The predicted molar refractivity (Wildman–Crippen MR) is 148 cm³/mol. The number of ether oxygens (including phenoxy) is 1. The summed E-state index contributed by atoms with van der Waals surface area (Å²) in [5.74, 6) is 0.127. The third kappa shape index (κ3) is 6.11. The maximum atomic E-state index is 13.0. The zero-order valence-electron chi connectivity index (χ0n) is 19.2. The van der Waals surface area contributed by atoms with Gasteiger partial charge in [0.2, 0.25) is 0 Å². The fourth-order valence-corrected chi connectivity index (χ4v) is 4.87. The Balaban J connectivity index is 1.36. The minimum atomic E-state index is -0.238. The van der Waals surface area contributed by atoms with Crippen LogP contribution in [0.4, 0.5) is 11.4 Å². The molecule has 1 aliphatic heterocycles. The first-order chi connectivity index (χ1) is 16.8. The van der Waals surface area contributed by atoms with E-state index in [1.165, 1.54) is 22.2 Å². The monoisotopic (exact) mass is 522 g/mol. The Morgan fingerprint density at radius 1 is 1.11 bits per heavy atom. The Bertz CT molecular complexity index is 1310. The van der Waals surface area contributed by atoms with Gasteiger partial charge in [-0.25, -0.2) is 0 Å². The summed E-state index contributed by atoms with van der Waals surface area (Å²) in [6, 6.07) is 20.3. The molecule has 0 aliphatic carbocycles. The lowest BCUT2D eigenvalue weighted by molar-refractivity contribution is -0.118. The van der Waals surface area contributed by atoms with Gasteiger partial charge in [-0.05, 0) is 72.5 Å².